The van der Waals surface area contributed by atoms with Crippen molar-refractivity contribution in [1.82, 2.24) is 14.8 Å². The summed E-state index contributed by atoms with van der Waals surface area (Å²) < 4.78 is 0. The third kappa shape index (κ3) is 2.33. The van der Waals surface area contributed by atoms with Crippen LogP contribution in [0.2, 0.25) is 0 Å². The molecule has 3 rings (SSSR count). The molecular formula is C14H23N3S. The van der Waals surface area contributed by atoms with Crippen molar-refractivity contribution in [1.29, 1.82) is 0 Å². The number of likely N-dealkylation sites (N-methyl/N-ethyl adjacent to an activating group) is 1. The van der Waals surface area contributed by atoms with E-state index in [9.17, 15) is 0 Å². The second-order valence-corrected chi connectivity index (χ2v) is 6.67. The van der Waals surface area contributed by atoms with E-state index in [1.54, 1.807) is 0 Å². The molecule has 2 saturated heterocycles. The van der Waals surface area contributed by atoms with Gasteiger partial charge < -0.3 is 4.90 Å². The number of nitrogens with zero attached hydrogens (tertiary/aromatic N) is 3. The average Bonchev–Trinajstić information content (AvgIpc) is 2.88. The molecule has 2 aliphatic rings. The van der Waals surface area contributed by atoms with Crippen LogP contribution in [0.5, 0.6) is 0 Å². The van der Waals surface area contributed by atoms with Gasteiger partial charge in [-0.25, -0.2) is 4.98 Å². The van der Waals surface area contributed by atoms with Gasteiger partial charge in [0, 0.05) is 30.1 Å². The Hall–Kier alpha value is -0.450. The molecule has 0 unspecified atom stereocenters. The highest BCUT2D eigenvalue weighted by molar-refractivity contribution is 7.09. The van der Waals surface area contributed by atoms with Crippen LogP contribution >= 0.6 is 11.3 Å². The van der Waals surface area contributed by atoms with Gasteiger partial charge in [0.1, 0.15) is 0 Å². The minimum Gasteiger partial charge on any atom is -0.302 e. The standard InChI is InChI=1S/C14H23N3S/c1-11-14(18-10-15-11)9-17-8-6-12-13(17)5-3-4-7-16(12)2/h10,12-13H,3-9H2,1-2H3/t12-,13-/m1/s1. The number of likely N-dealkylation sites (tertiary alicyclic amines) is 2. The van der Waals surface area contributed by atoms with Gasteiger partial charge in [0.25, 0.3) is 0 Å². The van der Waals surface area contributed by atoms with Crippen LogP contribution < -0.4 is 0 Å². The maximum absolute atomic E-state index is 4.38. The van der Waals surface area contributed by atoms with Gasteiger partial charge >= 0.3 is 0 Å². The van der Waals surface area contributed by atoms with Gasteiger partial charge in [0.2, 0.25) is 0 Å². The van der Waals surface area contributed by atoms with E-state index in [4.69, 9.17) is 0 Å². The van der Waals surface area contributed by atoms with Crippen molar-refractivity contribution in [3.8, 4) is 0 Å². The van der Waals surface area contributed by atoms with E-state index < -0.39 is 0 Å². The Bertz CT molecular complexity index is 403. The van der Waals surface area contributed by atoms with Crippen LogP contribution in [0.3, 0.4) is 0 Å². The minimum atomic E-state index is 0.777. The van der Waals surface area contributed by atoms with E-state index in [1.165, 1.54) is 49.3 Å². The summed E-state index contributed by atoms with van der Waals surface area (Å²) in [7, 11) is 2.31. The zero-order valence-electron chi connectivity index (χ0n) is 11.4. The molecule has 1 aromatic rings. The van der Waals surface area contributed by atoms with Gasteiger partial charge in [0.05, 0.1) is 11.2 Å². The second-order valence-electron chi connectivity index (χ2n) is 5.73. The van der Waals surface area contributed by atoms with Crippen LogP contribution in [0.25, 0.3) is 0 Å². The molecule has 1 aromatic heterocycles. The molecule has 0 aromatic carbocycles. The quantitative estimate of drug-likeness (QED) is 0.819. The Labute approximate surface area is 114 Å². The first-order chi connectivity index (χ1) is 8.75. The van der Waals surface area contributed by atoms with E-state index in [2.05, 4.69) is 28.8 Å². The van der Waals surface area contributed by atoms with Crippen molar-refractivity contribution in [3.05, 3.63) is 16.1 Å². The fourth-order valence-corrected chi connectivity index (χ4v) is 4.33. The first-order valence-electron chi connectivity index (χ1n) is 7.09. The van der Waals surface area contributed by atoms with Gasteiger partial charge in [-0.1, -0.05) is 6.42 Å². The number of rotatable bonds is 2. The average molecular weight is 265 g/mol. The van der Waals surface area contributed by atoms with Crippen LogP contribution in [-0.4, -0.2) is 47.0 Å². The van der Waals surface area contributed by atoms with Crippen molar-refractivity contribution >= 4 is 11.3 Å². The summed E-state index contributed by atoms with van der Waals surface area (Å²) in [5.74, 6) is 0. The first-order valence-corrected chi connectivity index (χ1v) is 7.97. The predicted molar refractivity (Wildman–Crippen MR) is 75.9 cm³/mol. The third-order valence-corrected chi connectivity index (χ3v) is 5.56. The normalized spacial score (nSPS) is 30.3. The molecule has 3 nitrogen and oxygen atoms in total. The predicted octanol–water partition coefficient (Wildman–Crippen LogP) is 2.51. The Morgan fingerprint density at radius 1 is 1.28 bits per heavy atom. The molecule has 4 heteroatoms. The highest BCUT2D eigenvalue weighted by Gasteiger charge is 2.37. The number of thiazole rings is 1. The van der Waals surface area contributed by atoms with Crippen LogP contribution in [-0.2, 0) is 6.54 Å². The first kappa shape index (κ1) is 12.6. The summed E-state index contributed by atoms with van der Waals surface area (Å²) in [6.07, 6.45) is 5.49. The summed E-state index contributed by atoms with van der Waals surface area (Å²) in [4.78, 5) is 11.1. The Morgan fingerprint density at radius 2 is 2.17 bits per heavy atom. The molecule has 0 spiro atoms. The summed E-state index contributed by atoms with van der Waals surface area (Å²) in [6, 6.07) is 1.57. The molecular weight excluding hydrogens is 242 g/mol. The number of aryl methyl sites for hydroxylation is 1. The van der Waals surface area contributed by atoms with Crippen LogP contribution in [0, 0.1) is 6.92 Å². The van der Waals surface area contributed by atoms with Crippen molar-refractivity contribution < 1.29 is 0 Å². The highest BCUT2D eigenvalue weighted by Crippen LogP contribution is 2.31. The molecule has 2 fully saturated rings. The zero-order valence-corrected chi connectivity index (χ0v) is 12.2. The largest absolute Gasteiger partial charge is 0.302 e. The highest BCUT2D eigenvalue weighted by atomic mass is 32.1. The van der Waals surface area contributed by atoms with Crippen LogP contribution in [0.1, 0.15) is 36.3 Å². The Balaban J connectivity index is 1.72. The summed E-state index contributed by atoms with van der Waals surface area (Å²) in [6.45, 7) is 5.80. The lowest BCUT2D eigenvalue weighted by Gasteiger charge is -2.30. The van der Waals surface area contributed by atoms with Gasteiger partial charge in [-0.3, -0.25) is 4.90 Å². The number of hydrogen-bond donors (Lipinski definition) is 0. The molecule has 18 heavy (non-hydrogen) atoms. The second kappa shape index (κ2) is 5.27. The van der Waals surface area contributed by atoms with E-state index in [0.717, 1.165) is 18.6 Å². The number of aromatic nitrogens is 1. The maximum Gasteiger partial charge on any atom is 0.0798 e. The lowest BCUT2D eigenvalue weighted by atomic mass is 10.0. The molecule has 3 heterocycles. The van der Waals surface area contributed by atoms with Crippen LogP contribution in [0.15, 0.2) is 5.51 Å². The fourth-order valence-electron chi connectivity index (χ4n) is 3.53. The number of fused-ring (bicyclic) bond motifs is 1. The maximum atomic E-state index is 4.38. The molecule has 2 aliphatic heterocycles. The van der Waals surface area contributed by atoms with Crippen molar-refractivity contribution in [3.63, 3.8) is 0 Å². The number of hydrogen-bond acceptors (Lipinski definition) is 4. The topological polar surface area (TPSA) is 19.4 Å². The minimum absolute atomic E-state index is 0.777. The fraction of sp³-hybridized carbons (Fsp3) is 0.786. The molecule has 0 saturated carbocycles. The monoisotopic (exact) mass is 265 g/mol. The van der Waals surface area contributed by atoms with Gasteiger partial charge in [-0.2, -0.15) is 0 Å². The van der Waals surface area contributed by atoms with E-state index in [-0.39, 0.29) is 0 Å². The van der Waals surface area contributed by atoms with E-state index >= 15 is 0 Å². The Kier molecular flexibility index (Phi) is 3.68. The molecule has 0 N–H and O–H groups in total. The van der Waals surface area contributed by atoms with Gasteiger partial charge in [0.15, 0.2) is 0 Å². The third-order valence-electron chi connectivity index (χ3n) is 4.64. The summed E-state index contributed by atoms with van der Waals surface area (Å²) in [5.41, 5.74) is 3.21. The van der Waals surface area contributed by atoms with E-state index in [1.807, 2.05) is 16.8 Å². The smallest absolute Gasteiger partial charge is 0.0798 e. The van der Waals surface area contributed by atoms with Crippen molar-refractivity contribution in [2.24, 2.45) is 0 Å². The molecule has 0 aliphatic carbocycles. The van der Waals surface area contributed by atoms with E-state index in [0.29, 0.717) is 0 Å². The van der Waals surface area contributed by atoms with Gasteiger partial charge in [-0.15, -0.1) is 11.3 Å². The molecule has 2 atom stereocenters. The molecule has 0 amide bonds. The molecule has 0 bridgehead atoms. The molecule has 0 radical (unpaired) electrons. The van der Waals surface area contributed by atoms with Crippen molar-refractivity contribution in [2.45, 2.75) is 51.2 Å². The lowest BCUT2D eigenvalue weighted by molar-refractivity contribution is 0.172. The zero-order chi connectivity index (χ0) is 12.5. The Morgan fingerprint density at radius 3 is 2.94 bits per heavy atom. The van der Waals surface area contributed by atoms with Crippen LogP contribution in [0.4, 0.5) is 0 Å². The lowest BCUT2D eigenvalue weighted by Crippen LogP contribution is -2.41. The van der Waals surface area contributed by atoms with Gasteiger partial charge in [-0.05, 0) is 39.8 Å². The SMILES string of the molecule is Cc1ncsc1CN1CC[C@@H]2[C@H]1CCCCN2C. The molecule has 100 valence electrons. The summed E-state index contributed by atoms with van der Waals surface area (Å²) in [5, 5.41) is 0. The summed E-state index contributed by atoms with van der Waals surface area (Å²) >= 11 is 1.82. The van der Waals surface area contributed by atoms with Crippen molar-refractivity contribution in [2.75, 3.05) is 20.1 Å².